The van der Waals surface area contributed by atoms with Crippen molar-refractivity contribution in [3.05, 3.63) is 35.6 Å². The van der Waals surface area contributed by atoms with E-state index in [1.165, 1.54) is 24.3 Å². The molecule has 1 fully saturated rings. The van der Waals surface area contributed by atoms with E-state index < -0.39 is 0 Å². The first-order valence-corrected chi connectivity index (χ1v) is 5.95. The number of rotatable bonds is 2. The van der Waals surface area contributed by atoms with E-state index in [9.17, 15) is 9.18 Å². The van der Waals surface area contributed by atoms with Crippen molar-refractivity contribution in [1.82, 2.24) is 10.6 Å². The van der Waals surface area contributed by atoms with Crippen LogP contribution >= 0.6 is 0 Å². The van der Waals surface area contributed by atoms with Crippen LogP contribution in [0.15, 0.2) is 24.3 Å². The number of benzene rings is 1. The van der Waals surface area contributed by atoms with Gasteiger partial charge >= 0.3 is 0 Å². The van der Waals surface area contributed by atoms with Gasteiger partial charge in [-0.1, -0.05) is 0 Å². The molecular weight excluding hydrogens is 219 g/mol. The van der Waals surface area contributed by atoms with E-state index in [1.54, 1.807) is 0 Å². The number of hydrogen-bond acceptors (Lipinski definition) is 2. The topological polar surface area (TPSA) is 41.1 Å². The van der Waals surface area contributed by atoms with Gasteiger partial charge < -0.3 is 10.6 Å². The summed E-state index contributed by atoms with van der Waals surface area (Å²) in [6.07, 6.45) is 1.88. The molecule has 1 aromatic rings. The van der Waals surface area contributed by atoms with Crippen molar-refractivity contribution in [2.24, 2.45) is 0 Å². The first-order valence-electron chi connectivity index (χ1n) is 5.95. The lowest BCUT2D eigenvalue weighted by Crippen LogP contribution is -2.46. The van der Waals surface area contributed by atoms with E-state index >= 15 is 0 Å². The molecule has 2 atom stereocenters. The third kappa shape index (κ3) is 3.27. The van der Waals surface area contributed by atoms with Gasteiger partial charge in [-0.15, -0.1) is 0 Å². The molecule has 1 aliphatic rings. The van der Waals surface area contributed by atoms with E-state index in [1.807, 2.05) is 0 Å². The molecule has 0 spiro atoms. The predicted octanol–water partition coefficient (Wildman–Crippen LogP) is 1.70. The smallest absolute Gasteiger partial charge is 0.251 e. The Kier molecular flexibility index (Phi) is 3.74. The minimum Gasteiger partial charge on any atom is -0.349 e. The second kappa shape index (κ2) is 5.27. The standard InChI is InChI=1S/C13H17FN2O/c1-9-8-12(6-7-15-9)16-13(17)10-2-4-11(14)5-3-10/h2-5,9,12,15H,6-8H2,1H3,(H,16,17). The molecule has 1 heterocycles. The fourth-order valence-electron chi connectivity index (χ4n) is 2.13. The minimum atomic E-state index is -0.322. The van der Waals surface area contributed by atoms with Crippen molar-refractivity contribution in [2.75, 3.05) is 6.54 Å². The average Bonchev–Trinajstić information content (AvgIpc) is 2.29. The summed E-state index contributed by atoms with van der Waals surface area (Å²) in [7, 11) is 0. The van der Waals surface area contributed by atoms with Crippen molar-refractivity contribution >= 4 is 5.91 Å². The van der Waals surface area contributed by atoms with Gasteiger partial charge in [-0.3, -0.25) is 4.79 Å². The largest absolute Gasteiger partial charge is 0.349 e. The van der Waals surface area contributed by atoms with Crippen molar-refractivity contribution < 1.29 is 9.18 Å². The highest BCUT2D eigenvalue weighted by molar-refractivity contribution is 5.94. The van der Waals surface area contributed by atoms with Crippen molar-refractivity contribution in [3.8, 4) is 0 Å². The summed E-state index contributed by atoms with van der Waals surface area (Å²) in [5.41, 5.74) is 0.512. The molecule has 1 aromatic carbocycles. The second-order valence-corrected chi connectivity index (χ2v) is 4.56. The van der Waals surface area contributed by atoms with Crippen molar-refractivity contribution in [1.29, 1.82) is 0 Å². The van der Waals surface area contributed by atoms with Crippen LogP contribution in [0, 0.1) is 5.82 Å². The van der Waals surface area contributed by atoms with Crippen LogP contribution in [0.4, 0.5) is 4.39 Å². The summed E-state index contributed by atoms with van der Waals surface area (Å²) in [6.45, 7) is 3.03. The van der Waals surface area contributed by atoms with Crippen LogP contribution in [-0.2, 0) is 0 Å². The number of carbonyl (C=O) groups is 1. The molecular formula is C13H17FN2O. The summed E-state index contributed by atoms with van der Waals surface area (Å²) < 4.78 is 12.7. The van der Waals surface area contributed by atoms with Gasteiger partial charge in [0.05, 0.1) is 0 Å². The predicted molar refractivity (Wildman–Crippen MR) is 64.4 cm³/mol. The lowest BCUT2D eigenvalue weighted by molar-refractivity contribution is 0.0925. The van der Waals surface area contributed by atoms with Crippen LogP contribution in [0.2, 0.25) is 0 Å². The highest BCUT2D eigenvalue weighted by Gasteiger charge is 2.20. The number of halogens is 1. The Hall–Kier alpha value is -1.42. The maximum absolute atomic E-state index is 12.7. The maximum atomic E-state index is 12.7. The summed E-state index contributed by atoms with van der Waals surface area (Å²) in [6, 6.07) is 6.27. The molecule has 92 valence electrons. The average molecular weight is 236 g/mol. The first-order chi connectivity index (χ1) is 8.15. The number of nitrogens with one attached hydrogen (secondary N) is 2. The van der Waals surface area contributed by atoms with Crippen LogP contribution in [0.5, 0.6) is 0 Å². The van der Waals surface area contributed by atoms with Crippen LogP contribution < -0.4 is 10.6 Å². The summed E-state index contributed by atoms with van der Waals surface area (Å²) in [5.74, 6) is -0.443. The van der Waals surface area contributed by atoms with Crippen LogP contribution in [-0.4, -0.2) is 24.5 Å². The van der Waals surface area contributed by atoms with Crippen LogP contribution in [0.1, 0.15) is 30.1 Å². The SMILES string of the molecule is CC1CC(NC(=O)c2ccc(F)cc2)CCN1. The van der Waals surface area contributed by atoms with E-state index in [2.05, 4.69) is 17.6 Å². The molecule has 2 N–H and O–H groups in total. The zero-order valence-corrected chi connectivity index (χ0v) is 9.87. The minimum absolute atomic E-state index is 0.121. The summed E-state index contributed by atoms with van der Waals surface area (Å²) in [5, 5.41) is 6.32. The third-order valence-electron chi connectivity index (χ3n) is 3.07. The van der Waals surface area contributed by atoms with Gasteiger partial charge in [0.2, 0.25) is 0 Å². The third-order valence-corrected chi connectivity index (χ3v) is 3.07. The molecule has 0 bridgehead atoms. The molecule has 2 rings (SSSR count). The van der Waals surface area contributed by atoms with Crippen molar-refractivity contribution in [2.45, 2.75) is 31.8 Å². The van der Waals surface area contributed by atoms with Gasteiger partial charge in [0.15, 0.2) is 0 Å². The molecule has 3 nitrogen and oxygen atoms in total. The molecule has 0 saturated carbocycles. The van der Waals surface area contributed by atoms with Crippen LogP contribution in [0.25, 0.3) is 0 Å². The normalized spacial score (nSPS) is 24.4. The van der Waals surface area contributed by atoms with Gasteiger partial charge in [-0.25, -0.2) is 4.39 Å². The zero-order chi connectivity index (χ0) is 12.3. The maximum Gasteiger partial charge on any atom is 0.251 e. The zero-order valence-electron chi connectivity index (χ0n) is 9.87. The van der Waals surface area contributed by atoms with Gasteiger partial charge in [-0.2, -0.15) is 0 Å². The Morgan fingerprint density at radius 3 is 2.76 bits per heavy atom. The number of hydrogen-bond donors (Lipinski definition) is 2. The molecule has 4 heteroatoms. The quantitative estimate of drug-likeness (QED) is 0.820. The van der Waals surface area contributed by atoms with Crippen LogP contribution in [0.3, 0.4) is 0 Å². The van der Waals surface area contributed by atoms with Gasteiger partial charge in [0.1, 0.15) is 5.82 Å². The highest BCUT2D eigenvalue weighted by Crippen LogP contribution is 2.10. The molecule has 17 heavy (non-hydrogen) atoms. The van der Waals surface area contributed by atoms with Crippen molar-refractivity contribution in [3.63, 3.8) is 0 Å². The first kappa shape index (κ1) is 12.0. The van der Waals surface area contributed by atoms with Gasteiger partial charge in [0, 0.05) is 17.6 Å². The molecule has 1 aliphatic heterocycles. The molecule has 2 unspecified atom stereocenters. The van der Waals surface area contributed by atoms with E-state index in [-0.39, 0.29) is 17.8 Å². The Morgan fingerprint density at radius 2 is 2.12 bits per heavy atom. The summed E-state index contributed by atoms with van der Waals surface area (Å²) in [4.78, 5) is 11.9. The highest BCUT2D eigenvalue weighted by atomic mass is 19.1. The molecule has 0 radical (unpaired) electrons. The lowest BCUT2D eigenvalue weighted by atomic mass is 10.0. The molecule has 1 saturated heterocycles. The van der Waals surface area contributed by atoms with E-state index in [0.717, 1.165) is 19.4 Å². The summed E-state index contributed by atoms with van der Waals surface area (Å²) >= 11 is 0. The second-order valence-electron chi connectivity index (χ2n) is 4.56. The van der Waals surface area contributed by atoms with Gasteiger partial charge in [0.25, 0.3) is 5.91 Å². The number of carbonyl (C=O) groups excluding carboxylic acids is 1. The Labute approximate surface area is 100 Å². The fourth-order valence-corrected chi connectivity index (χ4v) is 2.13. The molecule has 0 aliphatic carbocycles. The Bertz CT molecular complexity index is 391. The monoisotopic (exact) mass is 236 g/mol. The van der Waals surface area contributed by atoms with E-state index in [4.69, 9.17) is 0 Å². The molecule has 1 amide bonds. The van der Waals surface area contributed by atoms with E-state index in [0.29, 0.717) is 11.6 Å². The van der Waals surface area contributed by atoms with Gasteiger partial charge in [-0.05, 0) is 50.6 Å². The Morgan fingerprint density at radius 1 is 1.41 bits per heavy atom. The Balaban J connectivity index is 1.94. The molecule has 0 aromatic heterocycles. The number of amides is 1. The lowest BCUT2D eigenvalue weighted by Gasteiger charge is -2.28. The number of piperidine rings is 1. The fraction of sp³-hybridized carbons (Fsp3) is 0.462.